The van der Waals surface area contributed by atoms with Gasteiger partial charge in [-0.25, -0.2) is 19.2 Å². The SMILES string of the molecule is [C-]#[N+]c1cc(C(=O)O[C@H]2CCC(C)CC2C=N)ccc1OC(=O)c1ccc2cc(OCCCCCCOC(=O)C(=C)C)ccc2c1. The summed E-state index contributed by atoms with van der Waals surface area (Å²) in [5, 5.41) is 9.42. The molecule has 1 fully saturated rings. The Hall–Kier alpha value is -4.97. The highest BCUT2D eigenvalue weighted by Crippen LogP contribution is 2.33. The molecule has 1 aliphatic rings. The molecule has 3 aromatic carbocycles. The summed E-state index contributed by atoms with van der Waals surface area (Å²) < 4.78 is 22.3. The Kier molecular flexibility index (Phi) is 12.1. The van der Waals surface area contributed by atoms with Crippen molar-refractivity contribution in [1.29, 1.82) is 5.41 Å². The number of hydrogen-bond acceptors (Lipinski definition) is 8. The minimum atomic E-state index is -0.623. The summed E-state index contributed by atoms with van der Waals surface area (Å²) in [7, 11) is 0. The van der Waals surface area contributed by atoms with Gasteiger partial charge in [-0.1, -0.05) is 25.6 Å². The van der Waals surface area contributed by atoms with E-state index in [-0.39, 0.29) is 35.0 Å². The van der Waals surface area contributed by atoms with Crippen LogP contribution in [0.4, 0.5) is 5.69 Å². The van der Waals surface area contributed by atoms with Gasteiger partial charge in [0.05, 0.1) is 25.3 Å². The zero-order valence-corrected chi connectivity index (χ0v) is 26.4. The van der Waals surface area contributed by atoms with Gasteiger partial charge >= 0.3 is 17.9 Å². The minimum absolute atomic E-state index is 0.0254. The van der Waals surface area contributed by atoms with E-state index in [1.54, 1.807) is 19.1 Å². The molecule has 1 N–H and O–H groups in total. The Morgan fingerprint density at radius 1 is 0.935 bits per heavy atom. The minimum Gasteiger partial charge on any atom is -0.494 e. The number of esters is 3. The van der Waals surface area contributed by atoms with Gasteiger partial charge in [0.15, 0.2) is 0 Å². The fourth-order valence-electron chi connectivity index (χ4n) is 5.38. The average molecular weight is 625 g/mol. The molecule has 240 valence electrons. The molecule has 3 atom stereocenters. The van der Waals surface area contributed by atoms with E-state index in [0.717, 1.165) is 55.0 Å². The van der Waals surface area contributed by atoms with Gasteiger partial charge in [-0.15, -0.1) is 0 Å². The second-order valence-electron chi connectivity index (χ2n) is 11.8. The molecule has 0 heterocycles. The number of hydrogen-bond donors (Lipinski definition) is 1. The standard InChI is InChI=1S/C37H40N2O7/c1-24(2)35(40)44-18-8-6-5-7-17-43-31-14-12-26-20-28(11-10-27(26)21-31)36(41)46-34-16-13-29(22-32(34)39-4)37(42)45-33-15-9-25(3)19-30(33)23-38/h10-14,16,20-23,25,30,33,38H,1,5-9,15,17-19H2,2-3H3/t25?,30?,33-/m0/s1. The van der Waals surface area contributed by atoms with Crippen LogP contribution < -0.4 is 9.47 Å². The van der Waals surface area contributed by atoms with Crippen LogP contribution in [0.25, 0.3) is 15.6 Å². The lowest BCUT2D eigenvalue weighted by atomic mass is 9.81. The molecule has 0 spiro atoms. The molecule has 9 nitrogen and oxygen atoms in total. The third-order valence-electron chi connectivity index (χ3n) is 8.02. The smallest absolute Gasteiger partial charge is 0.342 e. The number of fused-ring (bicyclic) bond motifs is 1. The predicted molar refractivity (Wildman–Crippen MR) is 176 cm³/mol. The van der Waals surface area contributed by atoms with Gasteiger partial charge in [0.25, 0.3) is 0 Å². The number of carbonyl (C=O) groups is 3. The molecule has 9 heteroatoms. The van der Waals surface area contributed by atoms with Crippen molar-refractivity contribution in [2.24, 2.45) is 11.8 Å². The lowest BCUT2D eigenvalue weighted by Crippen LogP contribution is -2.33. The lowest BCUT2D eigenvalue weighted by Gasteiger charge is -2.32. The number of benzene rings is 3. The van der Waals surface area contributed by atoms with Crippen molar-refractivity contribution >= 4 is 40.6 Å². The molecule has 3 aromatic rings. The van der Waals surface area contributed by atoms with Crippen LogP contribution >= 0.6 is 0 Å². The van der Waals surface area contributed by atoms with Gasteiger partial charge in [-0.3, -0.25) is 0 Å². The number of nitrogens with zero attached hydrogens (tertiary/aromatic N) is 1. The predicted octanol–water partition coefficient (Wildman–Crippen LogP) is 8.28. The maximum atomic E-state index is 13.0. The summed E-state index contributed by atoms with van der Waals surface area (Å²) in [6.45, 7) is 15.9. The zero-order chi connectivity index (χ0) is 33.1. The highest BCUT2D eigenvalue weighted by Gasteiger charge is 2.30. The Morgan fingerprint density at radius 3 is 2.37 bits per heavy atom. The van der Waals surface area contributed by atoms with E-state index in [1.165, 1.54) is 24.4 Å². The molecular weight excluding hydrogens is 584 g/mol. The normalized spacial score (nSPS) is 17.4. The lowest BCUT2D eigenvalue weighted by molar-refractivity contribution is -0.139. The third kappa shape index (κ3) is 9.27. The molecule has 0 bridgehead atoms. The molecule has 0 saturated heterocycles. The summed E-state index contributed by atoms with van der Waals surface area (Å²) in [5.41, 5.74) is 0.941. The van der Waals surface area contributed by atoms with E-state index < -0.39 is 11.9 Å². The fourth-order valence-corrected chi connectivity index (χ4v) is 5.38. The van der Waals surface area contributed by atoms with Gasteiger partial charge in [0.1, 0.15) is 17.6 Å². The number of rotatable bonds is 14. The van der Waals surface area contributed by atoms with E-state index in [2.05, 4.69) is 18.3 Å². The van der Waals surface area contributed by atoms with Crippen molar-refractivity contribution in [2.45, 2.75) is 64.9 Å². The van der Waals surface area contributed by atoms with Crippen molar-refractivity contribution < 1.29 is 33.3 Å². The van der Waals surface area contributed by atoms with Crippen LogP contribution in [0, 0.1) is 23.8 Å². The van der Waals surface area contributed by atoms with Crippen molar-refractivity contribution in [3.8, 4) is 11.5 Å². The molecule has 46 heavy (non-hydrogen) atoms. The monoisotopic (exact) mass is 624 g/mol. The molecule has 0 amide bonds. The largest absolute Gasteiger partial charge is 0.494 e. The summed E-state index contributed by atoms with van der Waals surface area (Å²) >= 11 is 0. The first-order valence-corrected chi connectivity index (χ1v) is 15.6. The fraction of sp³-hybridized carbons (Fsp3) is 0.378. The van der Waals surface area contributed by atoms with Crippen LogP contribution in [0.2, 0.25) is 0 Å². The molecule has 1 aliphatic carbocycles. The third-order valence-corrected chi connectivity index (χ3v) is 8.02. The van der Waals surface area contributed by atoms with Crippen LogP contribution in [-0.2, 0) is 14.3 Å². The Labute approximate surface area is 269 Å². The number of ether oxygens (including phenoxy) is 4. The summed E-state index contributed by atoms with van der Waals surface area (Å²) in [5.74, 6) is -0.408. The maximum absolute atomic E-state index is 13.0. The molecule has 2 unspecified atom stereocenters. The number of nitrogens with one attached hydrogen (secondary N) is 1. The highest BCUT2D eigenvalue weighted by molar-refractivity contribution is 5.98. The summed E-state index contributed by atoms with van der Waals surface area (Å²) in [6.07, 6.45) is 6.96. The molecule has 1 saturated carbocycles. The van der Waals surface area contributed by atoms with Gasteiger partial charge in [-0.05, 0) is 111 Å². The Morgan fingerprint density at radius 2 is 1.63 bits per heavy atom. The molecule has 0 aromatic heterocycles. The quantitative estimate of drug-likeness (QED) is 0.0479. The van der Waals surface area contributed by atoms with Crippen LogP contribution in [-0.4, -0.2) is 43.4 Å². The van der Waals surface area contributed by atoms with Crippen LogP contribution in [0.5, 0.6) is 11.5 Å². The molecule has 0 radical (unpaired) electrons. The van der Waals surface area contributed by atoms with Crippen molar-refractivity contribution in [3.63, 3.8) is 0 Å². The van der Waals surface area contributed by atoms with Crippen LogP contribution in [0.1, 0.15) is 79.5 Å². The summed E-state index contributed by atoms with van der Waals surface area (Å²) in [6, 6.07) is 15.1. The van der Waals surface area contributed by atoms with E-state index in [9.17, 15) is 14.4 Å². The average Bonchev–Trinajstić information content (AvgIpc) is 3.06. The first-order valence-electron chi connectivity index (χ1n) is 15.6. The van der Waals surface area contributed by atoms with Crippen molar-refractivity contribution in [2.75, 3.05) is 13.2 Å². The van der Waals surface area contributed by atoms with E-state index in [4.69, 9.17) is 30.9 Å². The Bertz CT molecular complexity index is 1640. The van der Waals surface area contributed by atoms with E-state index in [1.807, 2.05) is 24.3 Å². The first kappa shape index (κ1) is 33.9. The number of carbonyl (C=O) groups excluding carboxylic acids is 3. The topological polar surface area (TPSA) is 116 Å². The Balaban J connectivity index is 1.29. The number of unbranched alkanes of at least 4 members (excludes halogenated alkanes) is 3. The van der Waals surface area contributed by atoms with E-state index >= 15 is 0 Å². The van der Waals surface area contributed by atoms with Crippen LogP contribution in [0.15, 0.2) is 66.7 Å². The zero-order valence-electron chi connectivity index (χ0n) is 26.4. The highest BCUT2D eigenvalue weighted by atomic mass is 16.5. The van der Waals surface area contributed by atoms with Gasteiger partial charge < -0.3 is 24.4 Å². The second kappa shape index (κ2) is 16.4. The first-order chi connectivity index (χ1) is 22.2. The van der Waals surface area contributed by atoms with Crippen LogP contribution in [0.3, 0.4) is 0 Å². The van der Waals surface area contributed by atoms with Crippen molar-refractivity contribution in [1.82, 2.24) is 0 Å². The van der Waals surface area contributed by atoms with Gasteiger partial charge in [-0.2, -0.15) is 0 Å². The van der Waals surface area contributed by atoms with Gasteiger partial charge in [0.2, 0.25) is 5.69 Å². The van der Waals surface area contributed by atoms with Gasteiger partial charge in [0, 0.05) is 23.3 Å². The van der Waals surface area contributed by atoms with E-state index in [0.29, 0.717) is 36.7 Å². The molecule has 4 rings (SSSR count). The maximum Gasteiger partial charge on any atom is 0.342 e. The molecule has 0 aliphatic heterocycles. The summed E-state index contributed by atoms with van der Waals surface area (Å²) in [4.78, 5) is 40.7. The second-order valence-corrected chi connectivity index (χ2v) is 11.8. The molecular formula is C37H40N2O7. The van der Waals surface area contributed by atoms with Crippen molar-refractivity contribution in [3.05, 3.63) is 89.3 Å².